The summed E-state index contributed by atoms with van der Waals surface area (Å²) in [7, 11) is 0. The van der Waals surface area contributed by atoms with E-state index in [4.69, 9.17) is 0 Å². The van der Waals surface area contributed by atoms with Gasteiger partial charge in [-0.05, 0) is 25.7 Å². The predicted octanol–water partition coefficient (Wildman–Crippen LogP) is 2.84. The lowest BCUT2D eigenvalue weighted by Gasteiger charge is -2.29. The van der Waals surface area contributed by atoms with Gasteiger partial charge < -0.3 is 4.90 Å². The van der Waals surface area contributed by atoms with Crippen LogP contribution in [0, 0.1) is 0 Å². The summed E-state index contributed by atoms with van der Waals surface area (Å²) in [6, 6.07) is 0. The van der Waals surface area contributed by atoms with E-state index in [0.29, 0.717) is 0 Å². The molecule has 2 heterocycles. The molecule has 0 radical (unpaired) electrons. The molecule has 1 fully saturated rings. The molecule has 0 aromatic heterocycles. The monoisotopic (exact) mass is 183 g/mol. The molecule has 2 aliphatic heterocycles. The minimum Gasteiger partial charge on any atom is -0.367 e. The maximum atomic E-state index is 2.57. The van der Waals surface area contributed by atoms with Crippen LogP contribution in [0.2, 0.25) is 0 Å². The van der Waals surface area contributed by atoms with E-state index in [-0.39, 0.29) is 0 Å². The third kappa shape index (κ3) is 1.79. The lowest BCUT2D eigenvalue weighted by Crippen LogP contribution is -2.27. The van der Waals surface area contributed by atoms with Gasteiger partial charge in [-0.25, -0.2) is 0 Å². The van der Waals surface area contributed by atoms with Gasteiger partial charge in [0.2, 0.25) is 0 Å². The summed E-state index contributed by atoms with van der Waals surface area (Å²) in [6.07, 6.45) is 7.92. The van der Waals surface area contributed by atoms with Crippen LogP contribution >= 0.6 is 11.8 Å². The number of thioether (sulfide) groups is 1. The second-order valence-electron chi connectivity index (χ2n) is 3.75. The van der Waals surface area contributed by atoms with Gasteiger partial charge in [-0.1, -0.05) is 13.0 Å². The van der Waals surface area contributed by atoms with E-state index < -0.39 is 0 Å². The second kappa shape index (κ2) is 3.73. The summed E-state index contributed by atoms with van der Waals surface area (Å²) in [5, 5.41) is 2.38. The first kappa shape index (κ1) is 8.49. The Balaban J connectivity index is 1.91. The number of allylic oxidation sites excluding steroid dienone is 1. The molecule has 2 rings (SSSR count). The van der Waals surface area contributed by atoms with Crippen LogP contribution in [-0.4, -0.2) is 23.2 Å². The lowest BCUT2D eigenvalue weighted by molar-refractivity contribution is 0.303. The number of hydrogen-bond donors (Lipinski definition) is 0. The number of nitrogens with zero attached hydrogens (tertiary/aromatic N) is 1. The van der Waals surface area contributed by atoms with Crippen molar-refractivity contribution < 1.29 is 0 Å². The number of piperidine rings is 1. The van der Waals surface area contributed by atoms with Crippen molar-refractivity contribution in [1.29, 1.82) is 0 Å². The van der Waals surface area contributed by atoms with Crippen LogP contribution in [0.15, 0.2) is 11.1 Å². The van der Waals surface area contributed by atoms with E-state index in [2.05, 4.69) is 29.7 Å². The van der Waals surface area contributed by atoms with Gasteiger partial charge in [0.15, 0.2) is 0 Å². The number of likely N-dealkylation sites (tertiary alicyclic amines) is 1. The first-order valence-corrected chi connectivity index (χ1v) is 5.86. The van der Waals surface area contributed by atoms with Gasteiger partial charge >= 0.3 is 0 Å². The summed E-state index contributed by atoms with van der Waals surface area (Å²) in [5.41, 5.74) is 0. The fourth-order valence-electron chi connectivity index (χ4n) is 1.89. The Labute approximate surface area is 79.2 Å². The zero-order valence-electron chi connectivity index (χ0n) is 7.75. The molecule has 0 N–H and O–H groups in total. The van der Waals surface area contributed by atoms with Crippen molar-refractivity contribution in [2.24, 2.45) is 0 Å². The van der Waals surface area contributed by atoms with Crippen molar-refractivity contribution in [1.82, 2.24) is 4.90 Å². The Morgan fingerprint density at radius 3 is 2.67 bits per heavy atom. The van der Waals surface area contributed by atoms with Gasteiger partial charge in [0.25, 0.3) is 0 Å². The largest absolute Gasteiger partial charge is 0.367 e. The number of hydrogen-bond acceptors (Lipinski definition) is 2. The van der Waals surface area contributed by atoms with Crippen LogP contribution < -0.4 is 0 Å². The Kier molecular flexibility index (Phi) is 2.64. The molecule has 1 nitrogen and oxygen atoms in total. The van der Waals surface area contributed by atoms with Crippen LogP contribution in [0.4, 0.5) is 0 Å². The van der Waals surface area contributed by atoms with Gasteiger partial charge in [0.1, 0.15) is 0 Å². The number of rotatable bonds is 1. The fraction of sp³-hybridized carbons (Fsp3) is 0.800. The molecular formula is C10H17NS. The maximum Gasteiger partial charge on any atom is 0.0669 e. The van der Waals surface area contributed by atoms with Gasteiger partial charge in [-0.2, -0.15) is 0 Å². The van der Waals surface area contributed by atoms with Crippen molar-refractivity contribution >= 4 is 11.8 Å². The summed E-state index contributed by atoms with van der Waals surface area (Å²) in [6.45, 7) is 4.91. The topological polar surface area (TPSA) is 3.24 Å². The highest BCUT2D eigenvalue weighted by Crippen LogP contribution is 2.35. The quantitative estimate of drug-likeness (QED) is 0.615. The average molecular weight is 183 g/mol. The minimum atomic E-state index is 0.821. The van der Waals surface area contributed by atoms with Crippen LogP contribution in [-0.2, 0) is 0 Å². The smallest absolute Gasteiger partial charge is 0.0669 e. The van der Waals surface area contributed by atoms with E-state index in [1.54, 1.807) is 5.03 Å². The van der Waals surface area contributed by atoms with Crippen molar-refractivity contribution in [2.75, 3.05) is 13.1 Å². The molecule has 1 saturated heterocycles. The van der Waals surface area contributed by atoms with Gasteiger partial charge in [0, 0.05) is 18.3 Å². The predicted molar refractivity (Wildman–Crippen MR) is 55.2 cm³/mol. The van der Waals surface area contributed by atoms with Crippen molar-refractivity contribution in [2.45, 2.75) is 37.9 Å². The summed E-state index contributed by atoms with van der Waals surface area (Å²) >= 11 is 2.06. The zero-order valence-corrected chi connectivity index (χ0v) is 8.57. The molecule has 0 spiro atoms. The molecule has 12 heavy (non-hydrogen) atoms. The van der Waals surface area contributed by atoms with Crippen LogP contribution in [0.3, 0.4) is 0 Å². The molecule has 0 saturated carbocycles. The highest BCUT2D eigenvalue weighted by Gasteiger charge is 2.19. The SMILES string of the molecule is CC1CC=C(N2CCCCC2)S1. The maximum absolute atomic E-state index is 2.57. The highest BCUT2D eigenvalue weighted by atomic mass is 32.2. The van der Waals surface area contributed by atoms with Gasteiger partial charge in [-0.15, -0.1) is 11.8 Å². The summed E-state index contributed by atoms with van der Waals surface area (Å²) < 4.78 is 0. The van der Waals surface area contributed by atoms with Crippen molar-refractivity contribution in [3.63, 3.8) is 0 Å². The average Bonchev–Trinajstić information content (AvgIpc) is 2.54. The second-order valence-corrected chi connectivity index (χ2v) is 5.21. The first-order chi connectivity index (χ1) is 5.86. The minimum absolute atomic E-state index is 0.821. The fourth-order valence-corrected chi connectivity index (χ4v) is 3.02. The van der Waals surface area contributed by atoms with E-state index in [9.17, 15) is 0 Å². The molecule has 0 aliphatic carbocycles. The Bertz CT molecular complexity index is 182. The molecule has 0 bridgehead atoms. The lowest BCUT2D eigenvalue weighted by atomic mass is 10.1. The molecule has 2 aliphatic rings. The molecule has 1 atom stereocenters. The van der Waals surface area contributed by atoms with E-state index in [1.165, 1.54) is 38.8 Å². The van der Waals surface area contributed by atoms with Crippen molar-refractivity contribution in [3.8, 4) is 0 Å². The standard InChI is InChI=1S/C10H17NS/c1-9-5-6-10(12-9)11-7-3-2-4-8-11/h6,9H,2-5,7-8H2,1H3. The Morgan fingerprint density at radius 1 is 1.33 bits per heavy atom. The van der Waals surface area contributed by atoms with Crippen LogP contribution in [0.1, 0.15) is 32.6 Å². The zero-order chi connectivity index (χ0) is 8.39. The highest BCUT2D eigenvalue weighted by molar-refractivity contribution is 8.03. The third-order valence-electron chi connectivity index (χ3n) is 2.61. The summed E-state index contributed by atoms with van der Waals surface area (Å²) in [5.74, 6) is 0. The normalized spacial score (nSPS) is 30.6. The first-order valence-electron chi connectivity index (χ1n) is 4.98. The van der Waals surface area contributed by atoms with Gasteiger partial charge in [-0.3, -0.25) is 0 Å². The van der Waals surface area contributed by atoms with Gasteiger partial charge in [0.05, 0.1) is 5.03 Å². The third-order valence-corrected chi connectivity index (χ3v) is 3.88. The van der Waals surface area contributed by atoms with E-state index in [1.807, 2.05) is 0 Å². The van der Waals surface area contributed by atoms with Crippen LogP contribution in [0.5, 0.6) is 0 Å². The molecule has 1 unspecified atom stereocenters. The van der Waals surface area contributed by atoms with E-state index in [0.717, 1.165) is 5.25 Å². The molecule has 0 aromatic carbocycles. The Hall–Kier alpha value is -0.110. The molecule has 0 amide bonds. The molecular weight excluding hydrogens is 166 g/mol. The summed E-state index contributed by atoms with van der Waals surface area (Å²) in [4.78, 5) is 2.57. The Morgan fingerprint density at radius 2 is 2.08 bits per heavy atom. The van der Waals surface area contributed by atoms with Crippen molar-refractivity contribution in [3.05, 3.63) is 11.1 Å². The molecule has 68 valence electrons. The molecule has 2 heteroatoms. The molecule has 0 aromatic rings. The van der Waals surface area contributed by atoms with E-state index >= 15 is 0 Å². The van der Waals surface area contributed by atoms with Crippen LogP contribution in [0.25, 0.3) is 0 Å².